The molecule has 0 fully saturated rings. The fourth-order valence-corrected chi connectivity index (χ4v) is 3.07. The van der Waals surface area contributed by atoms with Crippen LogP contribution in [-0.2, 0) is 30.0 Å². The molecule has 1 aromatic heterocycles. The van der Waals surface area contributed by atoms with Gasteiger partial charge in [0.25, 0.3) is 0 Å². The molecule has 0 aliphatic carbocycles. The summed E-state index contributed by atoms with van der Waals surface area (Å²) < 4.78 is 54.2. The van der Waals surface area contributed by atoms with E-state index in [2.05, 4.69) is 9.84 Å². The first-order valence-corrected chi connectivity index (χ1v) is 8.73. The zero-order valence-electron chi connectivity index (χ0n) is 15.7. The number of anilines is 1. The van der Waals surface area contributed by atoms with E-state index in [0.717, 1.165) is 31.2 Å². The van der Waals surface area contributed by atoms with Crippen molar-refractivity contribution in [3.63, 3.8) is 0 Å². The van der Waals surface area contributed by atoms with Crippen molar-refractivity contribution in [3.05, 3.63) is 52.4 Å². The Balaban J connectivity index is 2.01. The molecule has 0 N–H and O–H groups in total. The van der Waals surface area contributed by atoms with Crippen LogP contribution in [0, 0.1) is 0 Å². The van der Waals surface area contributed by atoms with Gasteiger partial charge in [0.15, 0.2) is 5.69 Å². The van der Waals surface area contributed by atoms with Crippen LogP contribution in [0.4, 0.5) is 18.9 Å². The smallest absolute Gasteiger partial charge is 0.435 e. The molecular weight excluding hydrogens is 431 g/mol. The molecule has 0 atom stereocenters. The van der Waals surface area contributed by atoms with Crippen molar-refractivity contribution < 1.29 is 37.0 Å². The van der Waals surface area contributed by atoms with Gasteiger partial charge in [0.2, 0.25) is 0 Å². The van der Waals surface area contributed by atoms with Gasteiger partial charge < -0.3 is 19.1 Å². The number of benzene rings is 1. The van der Waals surface area contributed by atoms with Crippen molar-refractivity contribution in [1.82, 2.24) is 9.78 Å². The number of nitrogens with zero attached hydrogens (tertiary/aromatic N) is 3. The van der Waals surface area contributed by atoms with Gasteiger partial charge in [-0.1, -0.05) is 11.6 Å². The number of carbonyl (C=O) groups excluding carboxylic acids is 2. The SMILES string of the molecule is COC(=O)C1=C(C(=O)OC)N(c2ccc(-n3ccc(C(F)(F)F)n3)c(Cl)c2)COC1. The zero-order chi connectivity index (χ0) is 22.1. The highest BCUT2D eigenvalue weighted by Crippen LogP contribution is 2.33. The van der Waals surface area contributed by atoms with E-state index in [-0.39, 0.29) is 35.3 Å². The highest BCUT2D eigenvalue weighted by molar-refractivity contribution is 6.32. The predicted octanol–water partition coefficient (Wildman–Crippen LogP) is 2.94. The number of aromatic nitrogens is 2. The molecule has 1 aliphatic rings. The molecule has 0 radical (unpaired) electrons. The molecule has 3 rings (SSSR count). The summed E-state index contributed by atoms with van der Waals surface area (Å²) >= 11 is 6.26. The molecule has 12 heteroatoms. The van der Waals surface area contributed by atoms with Crippen molar-refractivity contribution in [2.45, 2.75) is 6.18 Å². The van der Waals surface area contributed by atoms with Crippen LogP contribution in [0.15, 0.2) is 41.7 Å². The number of ether oxygens (including phenoxy) is 3. The molecule has 1 aliphatic heterocycles. The summed E-state index contributed by atoms with van der Waals surface area (Å²) in [6, 6.07) is 5.14. The maximum atomic E-state index is 12.8. The minimum absolute atomic E-state index is 0.0438. The van der Waals surface area contributed by atoms with E-state index in [0.29, 0.717) is 5.69 Å². The maximum Gasteiger partial charge on any atom is 0.435 e. The molecular formula is C18H15ClF3N3O5. The van der Waals surface area contributed by atoms with Gasteiger partial charge in [-0.25, -0.2) is 14.3 Å². The third kappa shape index (κ3) is 4.12. The van der Waals surface area contributed by atoms with Crippen molar-refractivity contribution in [2.24, 2.45) is 0 Å². The summed E-state index contributed by atoms with van der Waals surface area (Å²) in [5.41, 5.74) is -0.666. The number of hydrogen-bond acceptors (Lipinski definition) is 7. The molecule has 160 valence electrons. The summed E-state index contributed by atoms with van der Waals surface area (Å²) in [4.78, 5) is 25.7. The van der Waals surface area contributed by atoms with E-state index in [1.54, 1.807) is 0 Å². The van der Waals surface area contributed by atoms with E-state index in [4.69, 9.17) is 21.1 Å². The summed E-state index contributed by atoms with van der Waals surface area (Å²) in [5.74, 6) is -1.56. The van der Waals surface area contributed by atoms with Gasteiger partial charge in [-0.15, -0.1) is 0 Å². The minimum Gasteiger partial charge on any atom is -0.466 e. The van der Waals surface area contributed by atoms with Crippen LogP contribution in [0.5, 0.6) is 0 Å². The lowest BCUT2D eigenvalue weighted by atomic mass is 10.1. The summed E-state index contributed by atoms with van der Waals surface area (Å²) in [7, 11) is 2.32. The average Bonchev–Trinajstić information content (AvgIpc) is 3.22. The Kier molecular flexibility index (Phi) is 6.04. The van der Waals surface area contributed by atoms with Crippen LogP contribution < -0.4 is 4.90 Å². The van der Waals surface area contributed by atoms with Gasteiger partial charge in [-0.2, -0.15) is 18.3 Å². The molecule has 0 unspecified atom stereocenters. The van der Waals surface area contributed by atoms with Crippen LogP contribution >= 0.6 is 11.6 Å². The second-order valence-electron chi connectivity index (χ2n) is 5.99. The quantitative estimate of drug-likeness (QED) is 0.669. The monoisotopic (exact) mass is 445 g/mol. The normalized spacial score (nSPS) is 14.7. The van der Waals surface area contributed by atoms with E-state index in [1.807, 2.05) is 0 Å². The maximum absolute atomic E-state index is 12.8. The minimum atomic E-state index is -4.59. The number of carbonyl (C=O) groups is 2. The molecule has 0 amide bonds. The summed E-state index contributed by atoms with van der Waals surface area (Å²) in [6.07, 6.45) is -3.46. The number of rotatable bonds is 4. The Labute approximate surface area is 173 Å². The highest BCUT2D eigenvalue weighted by atomic mass is 35.5. The Morgan fingerprint density at radius 2 is 1.87 bits per heavy atom. The first kappa shape index (κ1) is 21.7. The Hall–Kier alpha value is -3.05. The average molecular weight is 446 g/mol. The van der Waals surface area contributed by atoms with Gasteiger partial charge in [-0.3, -0.25) is 0 Å². The van der Waals surface area contributed by atoms with E-state index in [1.165, 1.54) is 23.1 Å². The molecule has 8 nitrogen and oxygen atoms in total. The van der Waals surface area contributed by atoms with Crippen LogP contribution in [0.2, 0.25) is 5.02 Å². The lowest BCUT2D eigenvalue weighted by molar-refractivity contribution is -0.141. The molecule has 30 heavy (non-hydrogen) atoms. The zero-order valence-corrected chi connectivity index (χ0v) is 16.5. The Morgan fingerprint density at radius 1 is 1.17 bits per heavy atom. The molecule has 1 aromatic carbocycles. The topological polar surface area (TPSA) is 82.9 Å². The van der Waals surface area contributed by atoms with Gasteiger partial charge in [0, 0.05) is 11.9 Å². The van der Waals surface area contributed by atoms with E-state index < -0.39 is 23.8 Å². The van der Waals surface area contributed by atoms with Crippen LogP contribution in [-0.4, -0.2) is 49.3 Å². The predicted molar refractivity (Wildman–Crippen MR) is 97.9 cm³/mol. The molecule has 0 saturated carbocycles. The fraction of sp³-hybridized carbons (Fsp3) is 0.278. The van der Waals surface area contributed by atoms with E-state index >= 15 is 0 Å². The van der Waals surface area contributed by atoms with Gasteiger partial charge >= 0.3 is 18.1 Å². The second-order valence-corrected chi connectivity index (χ2v) is 6.40. The van der Waals surface area contributed by atoms with Crippen molar-refractivity contribution in [3.8, 4) is 5.69 Å². The van der Waals surface area contributed by atoms with E-state index in [9.17, 15) is 22.8 Å². The van der Waals surface area contributed by atoms with Crippen LogP contribution in [0.25, 0.3) is 5.69 Å². The fourth-order valence-electron chi connectivity index (χ4n) is 2.81. The number of alkyl halides is 3. The van der Waals surface area contributed by atoms with Gasteiger partial charge in [0.05, 0.1) is 37.1 Å². The largest absolute Gasteiger partial charge is 0.466 e. The number of hydrogen-bond donors (Lipinski definition) is 0. The number of esters is 2. The number of methoxy groups -OCH3 is 2. The van der Waals surface area contributed by atoms with Crippen molar-refractivity contribution in [2.75, 3.05) is 32.5 Å². The lowest BCUT2D eigenvalue weighted by Crippen LogP contribution is -2.38. The molecule has 0 spiro atoms. The standard InChI is InChI=1S/C18H15ClF3N3O5/c1-28-16(26)11-8-30-9-24(15(11)17(27)29-2)10-3-4-13(12(19)7-10)25-6-5-14(23-25)18(20,21)22/h3-7H,8-9H2,1-2H3. The third-order valence-electron chi connectivity index (χ3n) is 4.20. The highest BCUT2D eigenvalue weighted by Gasteiger charge is 2.34. The first-order valence-electron chi connectivity index (χ1n) is 8.35. The lowest BCUT2D eigenvalue weighted by Gasteiger charge is -2.31. The summed E-state index contributed by atoms with van der Waals surface area (Å²) in [5, 5.41) is 3.54. The third-order valence-corrected chi connectivity index (χ3v) is 4.51. The molecule has 2 aromatic rings. The van der Waals surface area contributed by atoms with Gasteiger partial charge in [-0.05, 0) is 24.3 Å². The Bertz CT molecular complexity index is 1020. The van der Waals surface area contributed by atoms with Crippen molar-refractivity contribution in [1.29, 1.82) is 0 Å². The van der Waals surface area contributed by atoms with Crippen molar-refractivity contribution >= 4 is 29.2 Å². The number of halogens is 4. The molecule has 0 bridgehead atoms. The molecule has 0 saturated heterocycles. The van der Waals surface area contributed by atoms with Gasteiger partial charge in [0.1, 0.15) is 12.4 Å². The Morgan fingerprint density at radius 3 is 2.43 bits per heavy atom. The molecule has 2 heterocycles. The first-order chi connectivity index (χ1) is 14.2. The van der Waals surface area contributed by atoms with Crippen LogP contribution in [0.3, 0.4) is 0 Å². The summed E-state index contributed by atoms with van der Waals surface area (Å²) in [6.45, 7) is -0.256. The van der Waals surface area contributed by atoms with Crippen LogP contribution in [0.1, 0.15) is 5.69 Å². The second kappa shape index (κ2) is 8.36.